The molecule has 4 nitrogen and oxygen atoms in total. The van der Waals surface area contributed by atoms with Crippen LogP contribution in [0.1, 0.15) is 12.8 Å². The van der Waals surface area contributed by atoms with Crippen LogP contribution in [0, 0.1) is 5.92 Å². The first kappa shape index (κ1) is 13.6. The molecule has 98 valence electrons. The Kier molecular flexibility index (Phi) is 4.09. The fraction of sp³-hybridized carbons (Fsp3) is 0.417. The molecule has 0 atom stereocenters. The van der Waals surface area contributed by atoms with Gasteiger partial charge >= 0.3 is 0 Å². The van der Waals surface area contributed by atoms with E-state index in [-0.39, 0.29) is 11.0 Å². The molecule has 0 radical (unpaired) electrons. The van der Waals surface area contributed by atoms with E-state index in [4.69, 9.17) is 0 Å². The molecule has 0 bridgehead atoms. The maximum Gasteiger partial charge on any atom is 0.243 e. The molecule has 0 saturated carbocycles. The van der Waals surface area contributed by atoms with Gasteiger partial charge in [0.25, 0.3) is 0 Å². The summed E-state index contributed by atoms with van der Waals surface area (Å²) in [4.78, 5) is 11.4. The fourth-order valence-electron chi connectivity index (χ4n) is 2.08. The number of carbonyl (C=O) groups is 1. The summed E-state index contributed by atoms with van der Waals surface area (Å²) in [6.45, 7) is 0.766. The monoisotopic (exact) mass is 285 g/mol. The minimum atomic E-state index is -3.41. The van der Waals surface area contributed by atoms with E-state index in [0.29, 0.717) is 30.8 Å². The van der Waals surface area contributed by atoms with Crippen LogP contribution >= 0.6 is 12.6 Å². The van der Waals surface area contributed by atoms with E-state index in [0.717, 1.165) is 0 Å². The largest absolute Gasteiger partial charge is 0.287 e. The lowest BCUT2D eigenvalue weighted by atomic mass is 10.00. The molecule has 6 heteroatoms. The van der Waals surface area contributed by atoms with Gasteiger partial charge in [0.05, 0.1) is 4.90 Å². The van der Waals surface area contributed by atoms with Gasteiger partial charge in [0, 0.05) is 19.0 Å². The summed E-state index contributed by atoms with van der Waals surface area (Å²) in [6, 6.07) is 8.37. The van der Waals surface area contributed by atoms with E-state index in [9.17, 15) is 13.2 Å². The minimum absolute atomic E-state index is 0.115. The van der Waals surface area contributed by atoms with Crippen LogP contribution in [0.25, 0.3) is 0 Å². The van der Waals surface area contributed by atoms with Crippen molar-refractivity contribution in [2.75, 3.05) is 13.1 Å². The summed E-state index contributed by atoms with van der Waals surface area (Å²) in [5.41, 5.74) is 0. The van der Waals surface area contributed by atoms with Crippen LogP contribution in [0.3, 0.4) is 0 Å². The van der Waals surface area contributed by atoms with Crippen molar-refractivity contribution >= 4 is 27.8 Å². The Balaban J connectivity index is 2.12. The maximum atomic E-state index is 12.3. The molecule has 1 aromatic rings. The average molecular weight is 285 g/mol. The number of piperidine rings is 1. The lowest BCUT2D eigenvalue weighted by Crippen LogP contribution is -2.39. The zero-order chi connectivity index (χ0) is 13.2. The van der Waals surface area contributed by atoms with Crippen molar-refractivity contribution in [1.29, 1.82) is 0 Å². The highest BCUT2D eigenvalue weighted by Crippen LogP contribution is 2.24. The lowest BCUT2D eigenvalue weighted by molar-refractivity contribution is -0.115. The van der Waals surface area contributed by atoms with Gasteiger partial charge in [-0.3, -0.25) is 4.79 Å². The summed E-state index contributed by atoms with van der Waals surface area (Å²) < 4.78 is 26.0. The zero-order valence-electron chi connectivity index (χ0n) is 9.82. The molecule has 2 rings (SSSR count). The Labute approximate surface area is 112 Å². The molecular formula is C12H15NO3S2. The van der Waals surface area contributed by atoms with Gasteiger partial charge in [0.1, 0.15) is 0 Å². The molecule has 1 heterocycles. The standard InChI is InChI=1S/C12H15NO3S2/c14-12(17)10-6-8-13(9-7-10)18(15,16)11-4-2-1-3-5-11/h1-5,10H,6-9H2,(H,14,17). The number of benzene rings is 1. The van der Waals surface area contributed by atoms with Gasteiger partial charge in [0.2, 0.25) is 10.0 Å². The highest BCUT2D eigenvalue weighted by molar-refractivity contribution is 7.96. The van der Waals surface area contributed by atoms with Crippen molar-refractivity contribution in [2.24, 2.45) is 5.92 Å². The number of hydrogen-bond acceptors (Lipinski definition) is 3. The fourth-order valence-corrected chi connectivity index (χ4v) is 3.83. The van der Waals surface area contributed by atoms with Crippen LogP contribution in [0.2, 0.25) is 0 Å². The summed E-state index contributed by atoms with van der Waals surface area (Å²) in [5, 5.41) is -0.147. The van der Waals surface area contributed by atoms with E-state index in [2.05, 4.69) is 12.6 Å². The van der Waals surface area contributed by atoms with Gasteiger partial charge in [0.15, 0.2) is 5.12 Å². The average Bonchev–Trinajstić information content (AvgIpc) is 2.40. The topological polar surface area (TPSA) is 54.5 Å². The Bertz CT molecular complexity index is 520. The molecule has 0 N–H and O–H groups in total. The number of rotatable bonds is 3. The van der Waals surface area contributed by atoms with Crippen molar-refractivity contribution in [3.8, 4) is 0 Å². The number of hydrogen-bond donors (Lipinski definition) is 1. The Morgan fingerprint density at radius 3 is 2.22 bits per heavy atom. The van der Waals surface area contributed by atoms with Gasteiger partial charge < -0.3 is 0 Å². The summed E-state index contributed by atoms with van der Waals surface area (Å²) in [6.07, 6.45) is 1.10. The Morgan fingerprint density at radius 2 is 1.72 bits per heavy atom. The van der Waals surface area contributed by atoms with Gasteiger partial charge in [-0.25, -0.2) is 8.42 Å². The predicted molar refractivity (Wildman–Crippen MR) is 71.9 cm³/mol. The van der Waals surface area contributed by atoms with Crippen molar-refractivity contribution in [1.82, 2.24) is 4.31 Å². The lowest BCUT2D eigenvalue weighted by Gasteiger charge is -2.29. The van der Waals surface area contributed by atoms with Crippen molar-refractivity contribution in [2.45, 2.75) is 17.7 Å². The maximum absolute atomic E-state index is 12.3. The van der Waals surface area contributed by atoms with Crippen LogP contribution in [-0.4, -0.2) is 30.9 Å². The SMILES string of the molecule is O=C(S)C1CCN(S(=O)(=O)c2ccccc2)CC1. The molecule has 0 spiro atoms. The molecule has 1 aromatic carbocycles. The number of nitrogens with zero attached hydrogens (tertiary/aromatic N) is 1. The first-order chi connectivity index (χ1) is 8.51. The quantitative estimate of drug-likeness (QED) is 0.857. The Hall–Kier alpha value is -0.850. The molecule has 1 saturated heterocycles. The first-order valence-electron chi connectivity index (χ1n) is 5.80. The molecule has 1 fully saturated rings. The van der Waals surface area contributed by atoms with E-state index < -0.39 is 10.0 Å². The molecule has 0 aromatic heterocycles. The molecule has 18 heavy (non-hydrogen) atoms. The van der Waals surface area contributed by atoms with Gasteiger partial charge in [-0.15, -0.1) is 12.6 Å². The molecule has 0 aliphatic carbocycles. The summed E-state index contributed by atoms with van der Waals surface area (Å²) in [7, 11) is -3.41. The minimum Gasteiger partial charge on any atom is -0.287 e. The highest BCUT2D eigenvalue weighted by Gasteiger charge is 2.30. The smallest absolute Gasteiger partial charge is 0.243 e. The second-order valence-corrected chi connectivity index (χ2v) is 6.71. The van der Waals surface area contributed by atoms with E-state index >= 15 is 0 Å². The van der Waals surface area contributed by atoms with Gasteiger partial charge in [-0.1, -0.05) is 18.2 Å². The third kappa shape index (κ3) is 2.76. The van der Waals surface area contributed by atoms with Crippen molar-refractivity contribution in [3.63, 3.8) is 0 Å². The van der Waals surface area contributed by atoms with Crippen LogP contribution in [0.5, 0.6) is 0 Å². The van der Waals surface area contributed by atoms with Crippen molar-refractivity contribution < 1.29 is 13.2 Å². The second kappa shape index (κ2) is 5.42. The molecular weight excluding hydrogens is 270 g/mol. The van der Waals surface area contributed by atoms with Gasteiger partial charge in [-0.2, -0.15) is 4.31 Å². The number of thiol groups is 1. The van der Waals surface area contributed by atoms with E-state index in [1.807, 2.05) is 0 Å². The summed E-state index contributed by atoms with van der Waals surface area (Å²) >= 11 is 3.81. The third-order valence-corrected chi connectivity index (χ3v) is 5.46. The van der Waals surface area contributed by atoms with Crippen LogP contribution in [-0.2, 0) is 14.8 Å². The summed E-state index contributed by atoms with van der Waals surface area (Å²) in [5.74, 6) is -0.115. The molecule has 1 aliphatic heterocycles. The highest BCUT2D eigenvalue weighted by atomic mass is 32.2. The van der Waals surface area contributed by atoms with Gasteiger partial charge in [-0.05, 0) is 25.0 Å². The number of carbonyl (C=O) groups excluding carboxylic acids is 1. The second-order valence-electron chi connectivity index (χ2n) is 4.33. The number of sulfonamides is 1. The zero-order valence-corrected chi connectivity index (χ0v) is 11.5. The Morgan fingerprint density at radius 1 is 1.17 bits per heavy atom. The van der Waals surface area contributed by atoms with Crippen LogP contribution in [0.4, 0.5) is 0 Å². The molecule has 0 amide bonds. The van der Waals surface area contributed by atoms with E-state index in [1.54, 1.807) is 30.3 Å². The predicted octanol–water partition coefficient (Wildman–Crippen LogP) is 1.54. The molecule has 1 aliphatic rings. The molecule has 0 unspecified atom stereocenters. The van der Waals surface area contributed by atoms with E-state index in [1.165, 1.54) is 4.31 Å². The van der Waals surface area contributed by atoms with Crippen LogP contribution in [0.15, 0.2) is 35.2 Å². The third-order valence-electron chi connectivity index (χ3n) is 3.18. The van der Waals surface area contributed by atoms with Crippen LogP contribution < -0.4 is 0 Å². The van der Waals surface area contributed by atoms with Crippen molar-refractivity contribution in [3.05, 3.63) is 30.3 Å². The normalized spacial score (nSPS) is 18.7. The first-order valence-corrected chi connectivity index (χ1v) is 7.68.